The van der Waals surface area contributed by atoms with Crippen molar-refractivity contribution in [1.82, 2.24) is 0 Å². The lowest BCUT2D eigenvalue weighted by molar-refractivity contribution is 0.408. The van der Waals surface area contributed by atoms with E-state index in [0.717, 1.165) is 24.2 Å². The van der Waals surface area contributed by atoms with Gasteiger partial charge in [0.15, 0.2) is 0 Å². The number of hydrogen-bond donors (Lipinski definition) is 0. The maximum Gasteiger partial charge on any atom is 0.220 e. The van der Waals surface area contributed by atoms with Gasteiger partial charge in [-0.1, -0.05) is 25.5 Å². The Kier molecular flexibility index (Phi) is 2.94. The van der Waals surface area contributed by atoms with Crippen molar-refractivity contribution in [2.24, 2.45) is 20.7 Å². The Labute approximate surface area is 94.2 Å². The summed E-state index contributed by atoms with van der Waals surface area (Å²) in [6.45, 7) is 2.09. The molecule has 1 aromatic rings. The molecule has 0 unspecified atom stereocenters. The van der Waals surface area contributed by atoms with Crippen LogP contribution in [0.4, 0.5) is 0 Å². The van der Waals surface area contributed by atoms with Crippen molar-refractivity contribution < 1.29 is 4.74 Å². The van der Waals surface area contributed by atoms with Gasteiger partial charge in [0.25, 0.3) is 0 Å². The van der Waals surface area contributed by atoms with Crippen LogP contribution in [0.3, 0.4) is 0 Å². The monoisotopic (exact) mass is 218 g/mol. The molecule has 1 aliphatic rings. The van der Waals surface area contributed by atoms with Crippen molar-refractivity contribution in [3.8, 4) is 5.75 Å². The largest absolute Gasteiger partial charge is 0.497 e. The molecule has 5 nitrogen and oxygen atoms in total. The highest BCUT2D eigenvalue weighted by molar-refractivity contribution is 5.31. The van der Waals surface area contributed by atoms with E-state index in [0.29, 0.717) is 0 Å². The highest BCUT2D eigenvalue weighted by Gasteiger charge is 2.34. The van der Waals surface area contributed by atoms with Crippen LogP contribution >= 0.6 is 0 Å². The summed E-state index contributed by atoms with van der Waals surface area (Å²) in [6, 6.07) is 7.71. The fraction of sp³-hybridized carbons (Fsp3) is 0.455. The minimum absolute atomic E-state index is 0.610. The maximum atomic E-state index is 5.12. The van der Waals surface area contributed by atoms with Crippen LogP contribution in [0.15, 0.2) is 44.9 Å². The second-order valence-electron chi connectivity index (χ2n) is 3.67. The fourth-order valence-electron chi connectivity index (χ4n) is 1.77. The topological polar surface area (TPSA) is 58.7 Å². The van der Waals surface area contributed by atoms with Crippen molar-refractivity contribution in [3.05, 3.63) is 29.8 Å². The molecular weight excluding hydrogens is 204 g/mol. The predicted octanol–water partition coefficient (Wildman–Crippen LogP) is 3.48. The highest BCUT2D eigenvalue weighted by atomic mass is 16.5. The normalized spacial score (nSPS) is 16.6. The lowest BCUT2D eigenvalue weighted by atomic mass is 9.96. The van der Waals surface area contributed by atoms with Crippen LogP contribution in [0, 0.1) is 0 Å². The van der Waals surface area contributed by atoms with Gasteiger partial charge < -0.3 is 4.74 Å². The first-order valence-electron chi connectivity index (χ1n) is 5.29. The van der Waals surface area contributed by atoms with Gasteiger partial charge in [-0.2, -0.15) is 0 Å². The minimum atomic E-state index is -0.610. The van der Waals surface area contributed by atoms with Crippen LogP contribution in [0.5, 0.6) is 5.75 Å². The third-order valence-corrected chi connectivity index (χ3v) is 2.61. The van der Waals surface area contributed by atoms with Gasteiger partial charge in [0.05, 0.1) is 7.11 Å². The summed E-state index contributed by atoms with van der Waals surface area (Å²) in [4.78, 5) is 0. The first-order chi connectivity index (χ1) is 7.80. The predicted molar refractivity (Wildman–Crippen MR) is 59.3 cm³/mol. The molecule has 84 valence electrons. The Hall–Kier alpha value is -1.78. The van der Waals surface area contributed by atoms with E-state index in [1.807, 2.05) is 24.3 Å². The third kappa shape index (κ3) is 1.80. The van der Waals surface area contributed by atoms with Crippen LogP contribution in [0.2, 0.25) is 0 Å². The van der Waals surface area contributed by atoms with Crippen LogP contribution in [0.1, 0.15) is 25.3 Å². The van der Waals surface area contributed by atoms with Gasteiger partial charge in [0.1, 0.15) is 5.75 Å². The Morgan fingerprint density at radius 1 is 1.12 bits per heavy atom. The molecule has 1 aromatic carbocycles. The zero-order valence-corrected chi connectivity index (χ0v) is 9.42. The maximum absolute atomic E-state index is 5.12. The average molecular weight is 218 g/mol. The van der Waals surface area contributed by atoms with E-state index in [1.165, 1.54) is 0 Å². The zero-order valence-electron chi connectivity index (χ0n) is 9.42. The number of benzene rings is 1. The molecular formula is C11H14N4O. The summed E-state index contributed by atoms with van der Waals surface area (Å²) in [5, 5.41) is 15.5. The molecule has 0 aliphatic carbocycles. The van der Waals surface area contributed by atoms with Crippen molar-refractivity contribution in [3.63, 3.8) is 0 Å². The molecule has 0 saturated heterocycles. The molecule has 16 heavy (non-hydrogen) atoms. The Bertz CT molecular complexity index is 398. The second kappa shape index (κ2) is 4.38. The number of hydrogen-bond acceptors (Lipinski definition) is 5. The quantitative estimate of drug-likeness (QED) is 0.763. The molecule has 0 radical (unpaired) electrons. The lowest BCUT2D eigenvalue weighted by Gasteiger charge is -2.19. The first-order valence-corrected chi connectivity index (χ1v) is 5.29. The summed E-state index contributed by atoms with van der Waals surface area (Å²) in [5.41, 5.74) is 0.390. The van der Waals surface area contributed by atoms with Gasteiger partial charge in [-0.05, 0) is 22.6 Å². The van der Waals surface area contributed by atoms with Gasteiger partial charge in [-0.3, -0.25) is 0 Å². The van der Waals surface area contributed by atoms with E-state index in [-0.39, 0.29) is 0 Å². The summed E-state index contributed by atoms with van der Waals surface area (Å²) in [7, 11) is 1.64. The van der Waals surface area contributed by atoms with E-state index < -0.39 is 5.66 Å². The van der Waals surface area contributed by atoms with E-state index in [9.17, 15) is 0 Å². The summed E-state index contributed by atoms with van der Waals surface area (Å²) < 4.78 is 5.12. The van der Waals surface area contributed by atoms with E-state index in [4.69, 9.17) is 4.74 Å². The highest BCUT2D eigenvalue weighted by Crippen LogP contribution is 2.37. The molecule has 1 aliphatic heterocycles. The molecule has 0 fully saturated rings. The van der Waals surface area contributed by atoms with Crippen molar-refractivity contribution in [1.29, 1.82) is 0 Å². The number of methoxy groups -OCH3 is 1. The minimum Gasteiger partial charge on any atom is -0.497 e. The van der Waals surface area contributed by atoms with E-state index in [1.54, 1.807) is 7.11 Å². The molecule has 0 N–H and O–H groups in total. The third-order valence-electron chi connectivity index (χ3n) is 2.61. The van der Waals surface area contributed by atoms with Crippen molar-refractivity contribution in [2.75, 3.05) is 7.11 Å². The zero-order chi connectivity index (χ0) is 11.4. The summed E-state index contributed by atoms with van der Waals surface area (Å²) >= 11 is 0. The molecule has 0 saturated carbocycles. The van der Waals surface area contributed by atoms with Crippen LogP contribution in [-0.4, -0.2) is 7.11 Å². The van der Waals surface area contributed by atoms with Crippen LogP contribution in [-0.2, 0) is 5.66 Å². The number of nitrogens with zero attached hydrogens (tertiary/aromatic N) is 4. The smallest absolute Gasteiger partial charge is 0.220 e. The molecule has 1 heterocycles. The first kappa shape index (κ1) is 10.7. The Morgan fingerprint density at radius 2 is 1.75 bits per heavy atom. The standard InChI is InChI=1S/C11H14N4O/c1-3-8-11(12-14-15-13-11)9-4-6-10(16-2)7-5-9/h4-7H,3,8H2,1-2H3. The molecule has 0 bridgehead atoms. The SMILES string of the molecule is CCCC1(c2ccc(OC)cc2)N=NN=N1. The van der Waals surface area contributed by atoms with E-state index >= 15 is 0 Å². The summed E-state index contributed by atoms with van der Waals surface area (Å²) in [5.74, 6) is 0.822. The average Bonchev–Trinajstić information content (AvgIpc) is 2.80. The molecule has 0 spiro atoms. The second-order valence-corrected chi connectivity index (χ2v) is 3.67. The van der Waals surface area contributed by atoms with Gasteiger partial charge in [-0.15, -0.1) is 10.2 Å². The van der Waals surface area contributed by atoms with Gasteiger partial charge in [0.2, 0.25) is 5.66 Å². The fourth-order valence-corrected chi connectivity index (χ4v) is 1.77. The number of rotatable bonds is 4. The Balaban J connectivity index is 2.32. The molecule has 2 rings (SSSR count). The molecule has 0 atom stereocenters. The van der Waals surface area contributed by atoms with Gasteiger partial charge in [-0.25, -0.2) is 0 Å². The number of ether oxygens (including phenoxy) is 1. The van der Waals surface area contributed by atoms with Crippen LogP contribution < -0.4 is 4.74 Å². The molecule has 5 heteroatoms. The van der Waals surface area contributed by atoms with Crippen LogP contribution in [0.25, 0.3) is 0 Å². The molecule has 0 amide bonds. The molecule has 0 aromatic heterocycles. The lowest BCUT2D eigenvalue weighted by Crippen LogP contribution is -2.18. The van der Waals surface area contributed by atoms with Gasteiger partial charge >= 0.3 is 0 Å². The van der Waals surface area contributed by atoms with Gasteiger partial charge in [0, 0.05) is 12.0 Å². The summed E-state index contributed by atoms with van der Waals surface area (Å²) in [6.07, 6.45) is 1.79. The van der Waals surface area contributed by atoms with E-state index in [2.05, 4.69) is 27.6 Å². The van der Waals surface area contributed by atoms with Crippen molar-refractivity contribution in [2.45, 2.75) is 25.4 Å². The van der Waals surface area contributed by atoms with Crippen molar-refractivity contribution >= 4 is 0 Å². The Morgan fingerprint density at radius 3 is 2.25 bits per heavy atom.